The van der Waals surface area contributed by atoms with Gasteiger partial charge in [0.05, 0.1) is 6.20 Å². The van der Waals surface area contributed by atoms with E-state index in [1.807, 2.05) is 16.9 Å². The van der Waals surface area contributed by atoms with Gasteiger partial charge in [0.2, 0.25) is 0 Å². The van der Waals surface area contributed by atoms with Gasteiger partial charge in [-0.05, 0) is 19.3 Å². The molecule has 1 aliphatic rings. The van der Waals surface area contributed by atoms with E-state index in [2.05, 4.69) is 28.5 Å². The molecule has 1 aliphatic carbocycles. The molecule has 1 fully saturated rings. The standard InChI is InChI=1S/C12H16N4/c1-2-10-7-15-16-8-9(6-14-12(10)16)5-13-11-3-4-11/h6-8,11,13H,2-5H2,1H3. The van der Waals surface area contributed by atoms with Crippen molar-refractivity contribution in [3.8, 4) is 0 Å². The van der Waals surface area contributed by atoms with Gasteiger partial charge in [-0.2, -0.15) is 5.10 Å². The minimum atomic E-state index is 0.736. The normalized spacial score (nSPS) is 15.8. The van der Waals surface area contributed by atoms with E-state index in [1.54, 1.807) is 0 Å². The van der Waals surface area contributed by atoms with E-state index in [-0.39, 0.29) is 0 Å². The molecule has 0 bridgehead atoms. The molecule has 0 radical (unpaired) electrons. The Hall–Kier alpha value is -1.42. The summed E-state index contributed by atoms with van der Waals surface area (Å²) in [5.41, 5.74) is 3.39. The summed E-state index contributed by atoms with van der Waals surface area (Å²) in [5, 5.41) is 7.80. The lowest BCUT2D eigenvalue weighted by molar-refractivity contribution is 0.680. The highest BCUT2D eigenvalue weighted by molar-refractivity contribution is 5.46. The van der Waals surface area contributed by atoms with E-state index in [0.29, 0.717) is 0 Å². The van der Waals surface area contributed by atoms with Crippen molar-refractivity contribution in [2.24, 2.45) is 0 Å². The molecule has 0 amide bonds. The van der Waals surface area contributed by atoms with Crippen LogP contribution in [0, 0.1) is 0 Å². The van der Waals surface area contributed by atoms with Crippen molar-refractivity contribution in [3.63, 3.8) is 0 Å². The Kier molecular flexibility index (Phi) is 2.36. The summed E-state index contributed by atoms with van der Waals surface area (Å²) < 4.78 is 1.88. The van der Waals surface area contributed by atoms with E-state index in [4.69, 9.17) is 0 Å². The zero-order valence-corrected chi connectivity index (χ0v) is 9.48. The third kappa shape index (κ3) is 1.80. The van der Waals surface area contributed by atoms with Crippen molar-refractivity contribution in [3.05, 3.63) is 29.7 Å². The van der Waals surface area contributed by atoms with Crippen LogP contribution in [0.25, 0.3) is 5.65 Å². The summed E-state index contributed by atoms with van der Waals surface area (Å²) in [4.78, 5) is 4.47. The van der Waals surface area contributed by atoms with Crippen LogP contribution in [-0.2, 0) is 13.0 Å². The van der Waals surface area contributed by atoms with Gasteiger partial charge in [0, 0.05) is 36.1 Å². The molecule has 4 nitrogen and oxygen atoms in total. The number of fused-ring (bicyclic) bond motifs is 1. The minimum Gasteiger partial charge on any atom is -0.310 e. The molecule has 2 heterocycles. The van der Waals surface area contributed by atoms with E-state index < -0.39 is 0 Å². The van der Waals surface area contributed by atoms with Crippen LogP contribution in [-0.4, -0.2) is 20.6 Å². The molecule has 1 N–H and O–H groups in total. The second kappa shape index (κ2) is 3.87. The summed E-state index contributed by atoms with van der Waals surface area (Å²) >= 11 is 0. The van der Waals surface area contributed by atoms with Crippen LogP contribution in [0.3, 0.4) is 0 Å². The molecule has 84 valence electrons. The fraction of sp³-hybridized carbons (Fsp3) is 0.500. The van der Waals surface area contributed by atoms with Crippen molar-refractivity contribution in [1.82, 2.24) is 19.9 Å². The summed E-state index contributed by atoms with van der Waals surface area (Å²) in [6, 6.07) is 0.736. The maximum absolute atomic E-state index is 4.47. The minimum absolute atomic E-state index is 0.736. The first-order valence-corrected chi connectivity index (χ1v) is 5.91. The zero-order valence-electron chi connectivity index (χ0n) is 9.48. The SMILES string of the molecule is CCc1cnn2cc(CNC3CC3)cnc12. The van der Waals surface area contributed by atoms with Crippen molar-refractivity contribution in [1.29, 1.82) is 0 Å². The topological polar surface area (TPSA) is 42.2 Å². The Bertz CT molecular complexity index is 499. The maximum atomic E-state index is 4.47. The fourth-order valence-corrected chi connectivity index (χ4v) is 1.85. The first kappa shape index (κ1) is 9.78. The Morgan fingerprint density at radius 1 is 1.44 bits per heavy atom. The summed E-state index contributed by atoms with van der Waals surface area (Å²) in [7, 11) is 0. The van der Waals surface area contributed by atoms with Crippen molar-refractivity contribution in [2.75, 3.05) is 0 Å². The number of hydrogen-bond acceptors (Lipinski definition) is 3. The van der Waals surface area contributed by atoms with Crippen LogP contribution in [0.15, 0.2) is 18.6 Å². The summed E-state index contributed by atoms with van der Waals surface area (Å²) in [6.45, 7) is 3.02. The van der Waals surface area contributed by atoms with Crippen LogP contribution in [0.4, 0.5) is 0 Å². The van der Waals surface area contributed by atoms with Gasteiger partial charge in [0.25, 0.3) is 0 Å². The molecule has 16 heavy (non-hydrogen) atoms. The van der Waals surface area contributed by atoms with Gasteiger partial charge < -0.3 is 5.32 Å². The lowest BCUT2D eigenvalue weighted by Gasteiger charge is -2.03. The lowest BCUT2D eigenvalue weighted by atomic mass is 10.2. The molecule has 0 aromatic carbocycles. The second-order valence-corrected chi connectivity index (χ2v) is 4.41. The smallest absolute Gasteiger partial charge is 0.158 e. The zero-order chi connectivity index (χ0) is 11.0. The molecule has 0 spiro atoms. The number of nitrogens with one attached hydrogen (secondary N) is 1. The molecule has 0 aliphatic heterocycles. The first-order valence-electron chi connectivity index (χ1n) is 5.91. The van der Waals surface area contributed by atoms with Gasteiger partial charge in [0.15, 0.2) is 5.65 Å². The highest BCUT2D eigenvalue weighted by atomic mass is 15.2. The number of aryl methyl sites for hydroxylation is 1. The molecule has 2 aromatic heterocycles. The number of nitrogens with zero attached hydrogens (tertiary/aromatic N) is 3. The number of aromatic nitrogens is 3. The number of hydrogen-bond donors (Lipinski definition) is 1. The molecular weight excluding hydrogens is 200 g/mol. The van der Waals surface area contributed by atoms with E-state index >= 15 is 0 Å². The van der Waals surface area contributed by atoms with Crippen LogP contribution in [0.5, 0.6) is 0 Å². The van der Waals surface area contributed by atoms with Gasteiger partial charge >= 0.3 is 0 Å². The van der Waals surface area contributed by atoms with Crippen LogP contribution in [0.2, 0.25) is 0 Å². The van der Waals surface area contributed by atoms with Gasteiger partial charge in [0.1, 0.15) is 0 Å². The van der Waals surface area contributed by atoms with E-state index in [0.717, 1.165) is 24.7 Å². The summed E-state index contributed by atoms with van der Waals surface area (Å²) in [6.07, 6.45) is 9.54. The second-order valence-electron chi connectivity index (χ2n) is 4.41. The Morgan fingerprint density at radius 3 is 3.06 bits per heavy atom. The molecule has 4 heteroatoms. The molecule has 0 saturated heterocycles. The molecular formula is C12H16N4. The fourth-order valence-electron chi connectivity index (χ4n) is 1.85. The summed E-state index contributed by atoms with van der Waals surface area (Å²) in [5.74, 6) is 0. The molecule has 3 rings (SSSR count). The van der Waals surface area contributed by atoms with E-state index in [9.17, 15) is 0 Å². The van der Waals surface area contributed by atoms with Crippen LogP contribution < -0.4 is 5.32 Å². The Morgan fingerprint density at radius 2 is 2.31 bits per heavy atom. The quantitative estimate of drug-likeness (QED) is 0.843. The molecule has 0 atom stereocenters. The predicted molar refractivity (Wildman–Crippen MR) is 62.2 cm³/mol. The average Bonchev–Trinajstić information content (AvgIpc) is 3.05. The van der Waals surface area contributed by atoms with Crippen molar-refractivity contribution < 1.29 is 0 Å². The van der Waals surface area contributed by atoms with Crippen molar-refractivity contribution >= 4 is 5.65 Å². The highest BCUT2D eigenvalue weighted by Crippen LogP contribution is 2.19. The third-order valence-corrected chi connectivity index (χ3v) is 3.04. The van der Waals surface area contributed by atoms with E-state index in [1.165, 1.54) is 24.0 Å². The third-order valence-electron chi connectivity index (χ3n) is 3.04. The first-order chi connectivity index (χ1) is 7.86. The van der Waals surface area contributed by atoms with Crippen molar-refractivity contribution in [2.45, 2.75) is 38.8 Å². The average molecular weight is 216 g/mol. The molecule has 0 unspecified atom stereocenters. The monoisotopic (exact) mass is 216 g/mol. The predicted octanol–water partition coefficient (Wildman–Crippen LogP) is 1.54. The molecule has 1 saturated carbocycles. The van der Waals surface area contributed by atoms with Crippen LogP contribution in [0.1, 0.15) is 30.9 Å². The Balaban J connectivity index is 1.84. The van der Waals surface area contributed by atoms with Crippen LogP contribution >= 0.6 is 0 Å². The Labute approximate surface area is 94.7 Å². The van der Waals surface area contributed by atoms with Gasteiger partial charge in [-0.15, -0.1) is 0 Å². The highest BCUT2D eigenvalue weighted by Gasteiger charge is 2.20. The molecule has 2 aromatic rings. The largest absolute Gasteiger partial charge is 0.310 e. The van der Waals surface area contributed by atoms with Gasteiger partial charge in [-0.3, -0.25) is 0 Å². The maximum Gasteiger partial charge on any atom is 0.158 e. The van der Waals surface area contributed by atoms with Gasteiger partial charge in [-0.1, -0.05) is 6.92 Å². The lowest BCUT2D eigenvalue weighted by Crippen LogP contribution is -2.15. The van der Waals surface area contributed by atoms with Gasteiger partial charge in [-0.25, -0.2) is 9.50 Å². The number of rotatable bonds is 4.